The first-order valence-electron chi connectivity index (χ1n) is 6.98. The second-order valence-corrected chi connectivity index (χ2v) is 6.20. The van der Waals surface area contributed by atoms with Gasteiger partial charge in [-0.3, -0.25) is 0 Å². The van der Waals surface area contributed by atoms with Crippen LogP contribution >= 0.6 is 11.8 Å². The van der Waals surface area contributed by atoms with Gasteiger partial charge in [0.1, 0.15) is 0 Å². The molecule has 0 aromatic heterocycles. The molecule has 1 fully saturated rings. The van der Waals surface area contributed by atoms with E-state index in [-0.39, 0.29) is 6.03 Å². The normalized spacial score (nSPS) is 16.9. The quantitative estimate of drug-likeness (QED) is 0.731. The number of rotatable bonds is 5. The fourth-order valence-corrected chi connectivity index (χ4v) is 2.85. The summed E-state index contributed by atoms with van der Waals surface area (Å²) in [5.41, 5.74) is 0.370. The first-order valence-corrected chi connectivity index (χ1v) is 8.21. The predicted octanol–water partition coefficient (Wildman–Crippen LogP) is 2.51. The van der Waals surface area contributed by atoms with E-state index in [9.17, 15) is 9.90 Å². The Bertz CT molecular complexity index is 442. The maximum absolute atomic E-state index is 11.7. The minimum absolute atomic E-state index is 0.223. The molecule has 1 aliphatic rings. The van der Waals surface area contributed by atoms with E-state index in [0.717, 1.165) is 31.2 Å². The molecule has 0 spiro atoms. The third-order valence-corrected chi connectivity index (χ3v) is 4.47. The Labute approximate surface area is 124 Å². The summed E-state index contributed by atoms with van der Waals surface area (Å²) in [6.07, 6.45) is 5.68. The van der Waals surface area contributed by atoms with Crippen molar-refractivity contribution in [3.05, 3.63) is 29.8 Å². The highest BCUT2D eigenvalue weighted by molar-refractivity contribution is 7.98. The van der Waals surface area contributed by atoms with Crippen molar-refractivity contribution >= 4 is 17.8 Å². The molecular weight excluding hydrogens is 272 g/mol. The summed E-state index contributed by atoms with van der Waals surface area (Å²) in [4.78, 5) is 12.9. The number of amides is 2. The maximum atomic E-state index is 11.7. The zero-order chi connectivity index (χ0) is 14.4. The van der Waals surface area contributed by atoms with Crippen LogP contribution in [0, 0.1) is 0 Å². The van der Waals surface area contributed by atoms with Crippen molar-refractivity contribution in [3.8, 4) is 0 Å². The van der Waals surface area contributed by atoms with Crippen LogP contribution < -0.4 is 10.6 Å². The molecule has 0 bridgehead atoms. The van der Waals surface area contributed by atoms with Crippen molar-refractivity contribution < 1.29 is 9.90 Å². The Morgan fingerprint density at radius 2 is 1.90 bits per heavy atom. The van der Waals surface area contributed by atoms with Crippen molar-refractivity contribution in [3.63, 3.8) is 0 Å². The molecule has 1 aliphatic carbocycles. The molecule has 2 amide bonds. The summed E-state index contributed by atoms with van der Waals surface area (Å²) in [6, 6.07) is 7.88. The van der Waals surface area contributed by atoms with Crippen LogP contribution in [-0.4, -0.2) is 29.5 Å². The maximum Gasteiger partial charge on any atom is 0.315 e. The lowest BCUT2D eigenvalue weighted by Crippen LogP contribution is -2.44. The van der Waals surface area contributed by atoms with Crippen LogP contribution in [0.5, 0.6) is 0 Å². The van der Waals surface area contributed by atoms with Crippen molar-refractivity contribution in [1.29, 1.82) is 0 Å². The van der Waals surface area contributed by atoms with E-state index in [1.54, 1.807) is 11.8 Å². The van der Waals surface area contributed by atoms with Crippen molar-refractivity contribution in [2.24, 2.45) is 0 Å². The molecule has 1 aromatic carbocycles. The molecule has 2 rings (SSSR count). The lowest BCUT2D eigenvalue weighted by molar-refractivity contribution is 0.0501. The van der Waals surface area contributed by atoms with Gasteiger partial charge in [-0.05, 0) is 36.8 Å². The topological polar surface area (TPSA) is 61.4 Å². The Morgan fingerprint density at radius 1 is 1.25 bits per heavy atom. The summed E-state index contributed by atoms with van der Waals surface area (Å²) in [7, 11) is 0. The molecule has 0 saturated heterocycles. The molecule has 110 valence electrons. The van der Waals surface area contributed by atoms with Gasteiger partial charge >= 0.3 is 6.03 Å². The Balaban J connectivity index is 1.71. The van der Waals surface area contributed by atoms with Gasteiger partial charge in [-0.2, -0.15) is 0 Å². The van der Waals surface area contributed by atoms with Crippen LogP contribution in [0.3, 0.4) is 0 Å². The standard InChI is InChI=1S/C15H22N2O2S/c1-20-13-6-4-12(5-7-13)10-16-14(18)17-11-15(19)8-2-3-9-15/h4-7,19H,2-3,8-11H2,1H3,(H2,16,17,18). The van der Waals surface area contributed by atoms with Crippen LogP contribution in [0.1, 0.15) is 31.2 Å². The van der Waals surface area contributed by atoms with Gasteiger partial charge in [0.2, 0.25) is 0 Å². The molecule has 0 radical (unpaired) electrons. The van der Waals surface area contributed by atoms with E-state index in [1.807, 2.05) is 30.5 Å². The van der Waals surface area contributed by atoms with Crippen molar-refractivity contribution in [2.75, 3.05) is 12.8 Å². The molecule has 1 aromatic rings. The molecule has 0 atom stereocenters. The Morgan fingerprint density at radius 3 is 2.50 bits per heavy atom. The third kappa shape index (κ3) is 4.42. The summed E-state index contributed by atoms with van der Waals surface area (Å²) in [6.45, 7) is 0.836. The molecule has 0 heterocycles. The molecule has 3 N–H and O–H groups in total. The van der Waals surface area contributed by atoms with Crippen LogP contribution in [0.4, 0.5) is 4.79 Å². The molecule has 5 heteroatoms. The molecule has 1 saturated carbocycles. The molecule has 20 heavy (non-hydrogen) atoms. The number of hydrogen-bond acceptors (Lipinski definition) is 3. The Kier molecular flexibility index (Phi) is 5.31. The minimum Gasteiger partial charge on any atom is -0.388 e. The second-order valence-electron chi connectivity index (χ2n) is 5.32. The first-order chi connectivity index (χ1) is 9.61. The number of benzene rings is 1. The van der Waals surface area contributed by atoms with Crippen LogP contribution in [0.15, 0.2) is 29.2 Å². The van der Waals surface area contributed by atoms with Gasteiger partial charge in [0.15, 0.2) is 0 Å². The number of nitrogens with one attached hydrogen (secondary N) is 2. The number of carbonyl (C=O) groups excluding carboxylic acids is 1. The number of carbonyl (C=O) groups is 1. The SMILES string of the molecule is CSc1ccc(CNC(=O)NCC2(O)CCCC2)cc1. The largest absolute Gasteiger partial charge is 0.388 e. The molecule has 0 aliphatic heterocycles. The fraction of sp³-hybridized carbons (Fsp3) is 0.533. The minimum atomic E-state index is -0.697. The van der Waals surface area contributed by atoms with Gasteiger partial charge in [0, 0.05) is 18.0 Å². The average molecular weight is 294 g/mol. The van der Waals surface area contributed by atoms with Crippen LogP contribution in [-0.2, 0) is 6.54 Å². The van der Waals surface area contributed by atoms with Gasteiger partial charge in [-0.1, -0.05) is 25.0 Å². The summed E-state index contributed by atoms with van der Waals surface area (Å²) in [5, 5.41) is 15.7. The number of aliphatic hydroxyl groups is 1. The monoisotopic (exact) mass is 294 g/mol. The van der Waals surface area contributed by atoms with Gasteiger partial charge < -0.3 is 15.7 Å². The van der Waals surface area contributed by atoms with E-state index < -0.39 is 5.60 Å². The van der Waals surface area contributed by atoms with Crippen molar-refractivity contribution in [2.45, 2.75) is 42.7 Å². The van der Waals surface area contributed by atoms with Gasteiger partial charge in [0.05, 0.1) is 5.60 Å². The second kappa shape index (κ2) is 6.99. The number of thioether (sulfide) groups is 1. The summed E-state index contributed by atoms with van der Waals surface area (Å²) >= 11 is 1.70. The molecule has 0 unspecified atom stereocenters. The average Bonchev–Trinajstić information content (AvgIpc) is 2.91. The third-order valence-electron chi connectivity index (χ3n) is 3.72. The van der Waals surface area contributed by atoms with E-state index in [1.165, 1.54) is 4.90 Å². The van der Waals surface area contributed by atoms with Gasteiger partial charge in [-0.25, -0.2) is 4.79 Å². The van der Waals surface area contributed by atoms with Crippen LogP contribution in [0.2, 0.25) is 0 Å². The summed E-state index contributed by atoms with van der Waals surface area (Å²) < 4.78 is 0. The lowest BCUT2D eigenvalue weighted by atomic mass is 10.0. The lowest BCUT2D eigenvalue weighted by Gasteiger charge is -2.22. The molecular formula is C15H22N2O2S. The number of urea groups is 1. The summed E-state index contributed by atoms with van der Waals surface area (Å²) in [5.74, 6) is 0. The zero-order valence-corrected chi connectivity index (χ0v) is 12.6. The first kappa shape index (κ1) is 15.2. The highest BCUT2D eigenvalue weighted by Gasteiger charge is 2.31. The van der Waals surface area contributed by atoms with Crippen LogP contribution in [0.25, 0.3) is 0 Å². The number of hydrogen-bond donors (Lipinski definition) is 3. The molecule has 4 nitrogen and oxygen atoms in total. The highest BCUT2D eigenvalue weighted by atomic mass is 32.2. The van der Waals surface area contributed by atoms with E-state index in [0.29, 0.717) is 13.1 Å². The smallest absolute Gasteiger partial charge is 0.315 e. The van der Waals surface area contributed by atoms with E-state index in [2.05, 4.69) is 10.6 Å². The zero-order valence-electron chi connectivity index (χ0n) is 11.8. The van der Waals surface area contributed by atoms with E-state index >= 15 is 0 Å². The Hall–Kier alpha value is -1.20. The highest BCUT2D eigenvalue weighted by Crippen LogP contribution is 2.28. The van der Waals surface area contributed by atoms with Gasteiger partial charge in [0.25, 0.3) is 0 Å². The fourth-order valence-electron chi connectivity index (χ4n) is 2.44. The van der Waals surface area contributed by atoms with Crippen molar-refractivity contribution in [1.82, 2.24) is 10.6 Å². The predicted molar refractivity (Wildman–Crippen MR) is 81.9 cm³/mol. The van der Waals surface area contributed by atoms with E-state index in [4.69, 9.17) is 0 Å². The van der Waals surface area contributed by atoms with Gasteiger partial charge in [-0.15, -0.1) is 11.8 Å².